The maximum atomic E-state index is 12.9. The molecule has 6 heteroatoms. The molecule has 2 atom stereocenters. The van der Waals surface area contributed by atoms with E-state index < -0.39 is 17.6 Å². The predicted molar refractivity (Wildman–Crippen MR) is 72.9 cm³/mol. The molecule has 0 spiro atoms. The SMILES string of the molecule is OCC1(Nc2cccc(Cl)c2)CCCC(C(F)(F)F)C1. The summed E-state index contributed by atoms with van der Waals surface area (Å²) in [5.74, 6) is -1.37. The summed E-state index contributed by atoms with van der Waals surface area (Å²) in [5, 5.41) is 13.2. The first-order valence-electron chi connectivity index (χ1n) is 6.56. The molecule has 1 fully saturated rings. The molecule has 0 radical (unpaired) electrons. The van der Waals surface area contributed by atoms with Gasteiger partial charge in [0.05, 0.1) is 18.1 Å². The molecule has 1 saturated carbocycles. The number of anilines is 1. The Bertz CT molecular complexity index is 466. The molecule has 2 N–H and O–H groups in total. The molecule has 0 saturated heterocycles. The van der Waals surface area contributed by atoms with Gasteiger partial charge < -0.3 is 10.4 Å². The molecule has 0 amide bonds. The van der Waals surface area contributed by atoms with Crippen molar-refractivity contribution < 1.29 is 18.3 Å². The fourth-order valence-corrected chi connectivity index (χ4v) is 3.00. The number of nitrogens with one attached hydrogen (secondary N) is 1. The van der Waals surface area contributed by atoms with Gasteiger partial charge in [0.15, 0.2) is 0 Å². The largest absolute Gasteiger partial charge is 0.394 e. The fourth-order valence-electron chi connectivity index (χ4n) is 2.81. The number of hydrogen-bond acceptors (Lipinski definition) is 2. The van der Waals surface area contributed by atoms with Gasteiger partial charge >= 0.3 is 6.18 Å². The third kappa shape index (κ3) is 3.58. The van der Waals surface area contributed by atoms with E-state index in [0.29, 0.717) is 23.6 Å². The van der Waals surface area contributed by atoms with Crippen LogP contribution in [-0.2, 0) is 0 Å². The van der Waals surface area contributed by atoms with Crippen molar-refractivity contribution in [3.8, 4) is 0 Å². The van der Waals surface area contributed by atoms with Crippen LogP contribution >= 0.6 is 11.6 Å². The third-order valence-electron chi connectivity index (χ3n) is 3.84. The van der Waals surface area contributed by atoms with Crippen LogP contribution in [-0.4, -0.2) is 23.4 Å². The van der Waals surface area contributed by atoms with Crippen LogP contribution < -0.4 is 5.32 Å². The van der Waals surface area contributed by atoms with E-state index in [0.717, 1.165) is 0 Å². The molecule has 0 bridgehead atoms. The van der Waals surface area contributed by atoms with Crippen molar-refractivity contribution in [3.63, 3.8) is 0 Å². The van der Waals surface area contributed by atoms with E-state index in [1.165, 1.54) is 0 Å². The lowest BCUT2D eigenvalue weighted by Gasteiger charge is -2.41. The molecule has 2 unspecified atom stereocenters. The Morgan fingerprint density at radius 1 is 1.40 bits per heavy atom. The van der Waals surface area contributed by atoms with E-state index in [1.807, 2.05) is 0 Å². The lowest BCUT2D eigenvalue weighted by Crippen LogP contribution is -2.48. The highest BCUT2D eigenvalue weighted by atomic mass is 35.5. The number of rotatable bonds is 3. The van der Waals surface area contributed by atoms with Crippen molar-refractivity contribution in [3.05, 3.63) is 29.3 Å². The van der Waals surface area contributed by atoms with Gasteiger partial charge in [-0.3, -0.25) is 0 Å². The van der Waals surface area contributed by atoms with E-state index in [4.69, 9.17) is 11.6 Å². The predicted octanol–water partition coefficient (Wildman–Crippen LogP) is 4.24. The average molecular weight is 308 g/mol. The van der Waals surface area contributed by atoms with Crippen molar-refractivity contribution in [2.24, 2.45) is 5.92 Å². The second kappa shape index (κ2) is 5.82. The van der Waals surface area contributed by atoms with E-state index in [2.05, 4.69) is 5.32 Å². The number of alkyl halides is 3. The first-order valence-corrected chi connectivity index (χ1v) is 6.94. The highest BCUT2D eigenvalue weighted by molar-refractivity contribution is 6.30. The summed E-state index contributed by atoms with van der Waals surface area (Å²) >= 11 is 5.87. The van der Waals surface area contributed by atoms with Crippen LogP contribution in [0.3, 0.4) is 0 Å². The maximum absolute atomic E-state index is 12.9. The van der Waals surface area contributed by atoms with Gasteiger partial charge in [-0.25, -0.2) is 0 Å². The summed E-state index contributed by atoms with van der Waals surface area (Å²) < 4.78 is 38.7. The van der Waals surface area contributed by atoms with Gasteiger partial charge in [-0.15, -0.1) is 0 Å². The van der Waals surface area contributed by atoms with Gasteiger partial charge in [-0.2, -0.15) is 13.2 Å². The maximum Gasteiger partial charge on any atom is 0.391 e. The van der Waals surface area contributed by atoms with Crippen molar-refractivity contribution in [1.29, 1.82) is 0 Å². The van der Waals surface area contributed by atoms with E-state index in [-0.39, 0.29) is 19.4 Å². The summed E-state index contributed by atoms with van der Waals surface area (Å²) in [6.07, 6.45) is -3.24. The molecule has 112 valence electrons. The van der Waals surface area contributed by atoms with Gasteiger partial charge in [0.25, 0.3) is 0 Å². The Kier molecular flexibility index (Phi) is 4.49. The van der Waals surface area contributed by atoms with Crippen LogP contribution in [0.15, 0.2) is 24.3 Å². The van der Waals surface area contributed by atoms with Gasteiger partial charge in [0, 0.05) is 10.7 Å². The normalized spacial score (nSPS) is 27.4. The number of hydrogen-bond donors (Lipinski definition) is 2. The highest BCUT2D eigenvalue weighted by Gasteiger charge is 2.47. The molecule has 20 heavy (non-hydrogen) atoms. The summed E-state index contributed by atoms with van der Waals surface area (Å²) in [7, 11) is 0. The lowest BCUT2D eigenvalue weighted by atomic mass is 9.75. The van der Waals surface area contributed by atoms with Gasteiger partial charge in [0.2, 0.25) is 0 Å². The third-order valence-corrected chi connectivity index (χ3v) is 4.08. The zero-order chi connectivity index (χ0) is 14.8. The molecule has 1 aliphatic carbocycles. The summed E-state index contributed by atoms with van der Waals surface area (Å²) in [6.45, 7) is -0.327. The Hall–Kier alpha value is -0.940. The number of aliphatic hydroxyl groups is 1. The zero-order valence-corrected chi connectivity index (χ0v) is 11.6. The van der Waals surface area contributed by atoms with Crippen molar-refractivity contribution in [1.82, 2.24) is 0 Å². The zero-order valence-electron chi connectivity index (χ0n) is 10.9. The highest BCUT2D eigenvalue weighted by Crippen LogP contribution is 2.43. The Balaban J connectivity index is 2.16. The Morgan fingerprint density at radius 2 is 2.15 bits per heavy atom. The smallest absolute Gasteiger partial charge is 0.391 e. The number of benzene rings is 1. The number of halogens is 4. The van der Waals surface area contributed by atoms with Crippen LogP contribution in [0.2, 0.25) is 5.02 Å². The second-order valence-electron chi connectivity index (χ2n) is 5.41. The van der Waals surface area contributed by atoms with Gasteiger partial charge in [0.1, 0.15) is 0 Å². The van der Waals surface area contributed by atoms with E-state index >= 15 is 0 Å². The summed E-state index contributed by atoms with van der Waals surface area (Å²) in [4.78, 5) is 0. The topological polar surface area (TPSA) is 32.3 Å². The molecule has 1 aromatic carbocycles. The van der Waals surface area contributed by atoms with E-state index in [9.17, 15) is 18.3 Å². The molecule has 0 heterocycles. The molecule has 1 aliphatic rings. The molecular weight excluding hydrogens is 291 g/mol. The van der Waals surface area contributed by atoms with Crippen LogP contribution in [0, 0.1) is 5.92 Å². The Morgan fingerprint density at radius 3 is 2.75 bits per heavy atom. The van der Waals surface area contributed by atoms with Crippen LogP contribution in [0.25, 0.3) is 0 Å². The minimum Gasteiger partial charge on any atom is -0.394 e. The minimum atomic E-state index is -4.21. The monoisotopic (exact) mass is 307 g/mol. The second-order valence-corrected chi connectivity index (χ2v) is 5.85. The van der Waals surface area contributed by atoms with Gasteiger partial charge in [-0.1, -0.05) is 24.1 Å². The Labute approximate surface area is 120 Å². The van der Waals surface area contributed by atoms with Gasteiger partial charge in [-0.05, 0) is 37.5 Å². The molecule has 1 aromatic rings. The van der Waals surface area contributed by atoms with Crippen molar-refractivity contribution in [2.45, 2.75) is 37.4 Å². The van der Waals surface area contributed by atoms with Crippen LogP contribution in [0.5, 0.6) is 0 Å². The van der Waals surface area contributed by atoms with Crippen LogP contribution in [0.1, 0.15) is 25.7 Å². The molecule has 0 aliphatic heterocycles. The molecular formula is C14H17ClF3NO. The summed E-state index contributed by atoms with van der Waals surface area (Å²) in [5.41, 5.74) is -0.294. The van der Waals surface area contributed by atoms with E-state index in [1.54, 1.807) is 24.3 Å². The van der Waals surface area contributed by atoms with Crippen molar-refractivity contribution in [2.75, 3.05) is 11.9 Å². The average Bonchev–Trinajstić information content (AvgIpc) is 2.38. The quantitative estimate of drug-likeness (QED) is 0.875. The van der Waals surface area contributed by atoms with Crippen molar-refractivity contribution >= 4 is 17.3 Å². The first-order chi connectivity index (χ1) is 9.35. The summed E-state index contributed by atoms with van der Waals surface area (Å²) in [6, 6.07) is 6.80. The molecule has 2 rings (SSSR count). The fraction of sp³-hybridized carbons (Fsp3) is 0.571. The minimum absolute atomic E-state index is 0.112. The number of aliphatic hydroxyl groups excluding tert-OH is 1. The van der Waals surface area contributed by atoms with Crippen LogP contribution in [0.4, 0.5) is 18.9 Å². The standard InChI is InChI=1S/C14H17ClF3NO/c15-11-4-1-5-12(7-11)19-13(9-20)6-2-3-10(8-13)14(16,17)18/h1,4-5,7,10,19-20H,2-3,6,8-9H2. The lowest BCUT2D eigenvalue weighted by molar-refractivity contribution is -0.187. The molecule has 0 aromatic heterocycles. The molecule has 2 nitrogen and oxygen atoms in total. The first kappa shape index (κ1) is 15.4.